The molecule has 0 unspecified atom stereocenters. The highest BCUT2D eigenvalue weighted by molar-refractivity contribution is 6.30. The SMILES string of the molecule is O=C(CN1C(=O)CC(c2ccc(Cl)cc2)=Nc2ccccc21)Nc1cc(F)ccc1F. The van der Waals surface area contributed by atoms with E-state index in [9.17, 15) is 18.4 Å². The van der Waals surface area contributed by atoms with Crippen molar-refractivity contribution in [1.29, 1.82) is 0 Å². The highest BCUT2D eigenvalue weighted by atomic mass is 35.5. The summed E-state index contributed by atoms with van der Waals surface area (Å²) in [6.07, 6.45) is -0.0437. The smallest absolute Gasteiger partial charge is 0.244 e. The molecule has 1 heterocycles. The number of halogens is 3. The van der Waals surface area contributed by atoms with Crippen LogP contribution in [0.2, 0.25) is 5.02 Å². The van der Waals surface area contributed by atoms with Crippen LogP contribution in [0, 0.1) is 11.6 Å². The molecular formula is C23H16ClF2N3O2. The lowest BCUT2D eigenvalue weighted by atomic mass is 10.1. The summed E-state index contributed by atoms with van der Waals surface area (Å²) in [5, 5.41) is 2.88. The summed E-state index contributed by atoms with van der Waals surface area (Å²) in [7, 11) is 0. The summed E-state index contributed by atoms with van der Waals surface area (Å²) >= 11 is 5.95. The van der Waals surface area contributed by atoms with Gasteiger partial charge in [0, 0.05) is 11.1 Å². The minimum Gasteiger partial charge on any atom is -0.322 e. The minimum atomic E-state index is -0.772. The molecule has 3 aromatic carbocycles. The van der Waals surface area contributed by atoms with E-state index < -0.39 is 17.5 Å². The first kappa shape index (κ1) is 20.7. The van der Waals surface area contributed by atoms with E-state index in [0.717, 1.165) is 23.8 Å². The molecule has 0 radical (unpaired) electrons. The maximum absolute atomic E-state index is 13.9. The second-order valence-corrected chi connectivity index (χ2v) is 7.32. The largest absolute Gasteiger partial charge is 0.322 e. The van der Waals surface area contributed by atoms with Gasteiger partial charge >= 0.3 is 0 Å². The quantitative estimate of drug-likeness (QED) is 0.613. The van der Waals surface area contributed by atoms with Gasteiger partial charge in [-0.05, 0) is 42.0 Å². The Labute approximate surface area is 182 Å². The maximum Gasteiger partial charge on any atom is 0.244 e. The first-order valence-electron chi connectivity index (χ1n) is 9.38. The number of carbonyl (C=O) groups excluding carboxylic acids is 2. The van der Waals surface area contributed by atoms with Gasteiger partial charge in [-0.25, -0.2) is 8.78 Å². The number of aliphatic imine (C=N–C) groups is 1. The molecule has 0 bridgehead atoms. The van der Waals surface area contributed by atoms with Crippen LogP contribution in [0.15, 0.2) is 71.7 Å². The van der Waals surface area contributed by atoms with Crippen LogP contribution in [-0.2, 0) is 9.59 Å². The van der Waals surface area contributed by atoms with Crippen LogP contribution in [0.5, 0.6) is 0 Å². The Balaban J connectivity index is 1.61. The Kier molecular flexibility index (Phi) is 5.77. The third-order valence-electron chi connectivity index (χ3n) is 4.73. The lowest BCUT2D eigenvalue weighted by Crippen LogP contribution is -2.38. The van der Waals surface area contributed by atoms with Crippen molar-refractivity contribution < 1.29 is 18.4 Å². The van der Waals surface area contributed by atoms with E-state index in [2.05, 4.69) is 10.3 Å². The molecule has 1 aliphatic rings. The summed E-state index contributed by atoms with van der Waals surface area (Å²) in [5.74, 6) is -2.48. The summed E-state index contributed by atoms with van der Waals surface area (Å²) in [6, 6.07) is 16.6. The zero-order chi connectivity index (χ0) is 22.0. The van der Waals surface area contributed by atoms with Crippen molar-refractivity contribution in [3.05, 3.63) is 89.0 Å². The van der Waals surface area contributed by atoms with Crippen molar-refractivity contribution in [2.45, 2.75) is 6.42 Å². The molecule has 1 aliphatic heterocycles. The van der Waals surface area contributed by atoms with E-state index in [1.54, 1.807) is 48.5 Å². The van der Waals surface area contributed by atoms with E-state index >= 15 is 0 Å². The van der Waals surface area contributed by atoms with Crippen LogP contribution >= 0.6 is 11.6 Å². The number of benzene rings is 3. The second kappa shape index (κ2) is 8.65. The van der Waals surface area contributed by atoms with E-state index in [4.69, 9.17) is 11.6 Å². The number of rotatable bonds is 4. The molecule has 1 N–H and O–H groups in total. The number of nitrogens with one attached hydrogen (secondary N) is 1. The predicted molar refractivity (Wildman–Crippen MR) is 116 cm³/mol. The fraction of sp³-hybridized carbons (Fsp3) is 0.0870. The molecule has 3 aromatic rings. The van der Waals surface area contributed by atoms with Gasteiger partial charge in [0.15, 0.2) is 0 Å². The van der Waals surface area contributed by atoms with Gasteiger partial charge < -0.3 is 10.2 Å². The number of fused-ring (bicyclic) bond motifs is 1. The van der Waals surface area contributed by atoms with Gasteiger partial charge in [-0.15, -0.1) is 0 Å². The number of amides is 2. The zero-order valence-electron chi connectivity index (χ0n) is 16.1. The van der Waals surface area contributed by atoms with Gasteiger partial charge in [-0.2, -0.15) is 0 Å². The highest BCUT2D eigenvalue weighted by Crippen LogP contribution is 2.33. The molecule has 0 spiro atoms. The van der Waals surface area contributed by atoms with Crippen molar-refractivity contribution in [3.8, 4) is 0 Å². The molecule has 2 amide bonds. The minimum absolute atomic E-state index is 0.0437. The number of carbonyl (C=O) groups is 2. The molecule has 31 heavy (non-hydrogen) atoms. The maximum atomic E-state index is 13.9. The average Bonchev–Trinajstić information content (AvgIpc) is 2.88. The monoisotopic (exact) mass is 439 g/mol. The standard InChI is InChI=1S/C23H16ClF2N3O2/c24-15-7-5-14(6-8-15)19-12-23(31)29(21-4-2-1-3-18(21)27-19)13-22(30)28-20-11-16(25)9-10-17(20)26/h1-11H,12-13H2,(H,28,30). The molecule has 8 heteroatoms. The normalized spacial score (nSPS) is 13.3. The molecule has 0 atom stereocenters. The average molecular weight is 440 g/mol. The van der Waals surface area contributed by atoms with Gasteiger partial charge in [0.2, 0.25) is 11.8 Å². The van der Waals surface area contributed by atoms with Crippen LogP contribution in [0.4, 0.5) is 25.8 Å². The Bertz CT molecular complexity index is 1200. The molecule has 0 fully saturated rings. The summed E-state index contributed by atoms with van der Waals surface area (Å²) in [6.45, 7) is -0.380. The molecule has 0 aliphatic carbocycles. The number of nitrogens with zero attached hydrogens (tertiary/aromatic N) is 2. The molecule has 4 rings (SSSR count). The van der Waals surface area contributed by atoms with Crippen LogP contribution < -0.4 is 10.2 Å². The summed E-state index contributed by atoms with van der Waals surface area (Å²) in [5.41, 5.74) is 1.95. The molecule has 0 saturated carbocycles. The van der Waals surface area contributed by atoms with Crippen molar-refractivity contribution in [3.63, 3.8) is 0 Å². The van der Waals surface area contributed by atoms with E-state index in [1.807, 2.05) is 0 Å². The van der Waals surface area contributed by atoms with E-state index in [-0.39, 0.29) is 24.6 Å². The zero-order valence-corrected chi connectivity index (χ0v) is 16.9. The first-order valence-corrected chi connectivity index (χ1v) is 9.76. The molecule has 156 valence electrons. The number of para-hydroxylation sites is 2. The van der Waals surface area contributed by atoms with Gasteiger partial charge in [-0.1, -0.05) is 35.9 Å². The lowest BCUT2D eigenvalue weighted by molar-refractivity contribution is -0.120. The van der Waals surface area contributed by atoms with Crippen molar-refractivity contribution in [2.24, 2.45) is 4.99 Å². The Morgan fingerprint density at radius 1 is 1.06 bits per heavy atom. The van der Waals surface area contributed by atoms with Crippen molar-refractivity contribution in [2.75, 3.05) is 16.8 Å². The topological polar surface area (TPSA) is 61.8 Å². The number of hydrogen-bond donors (Lipinski definition) is 1. The Morgan fingerprint density at radius 2 is 1.81 bits per heavy atom. The molecular weight excluding hydrogens is 424 g/mol. The van der Waals surface area contributed by atoms with Crippen molar-refractivity contribution >= 4 is 46.2 Å². The number of hydrogen-bond acceptors (Lipinski definition) is 3. The highest BCUT2D eigenvalue weighted by Gasteiger charge is 2.27. The Hall–Kier alpha value is -3.58. The molecule has 0 saturated heterocycles. The molecule has 0 aromatic heterocycles. The third-order valence-corrected chi connectivity index (χ3v) is 4.98. The van der Waals surface area contributed by atoms with Crippen LogP contribution in [-0.4, -0.2) is 24.1 Å². The van der Waals surface area contributed by atoms with Crippen LogP contribution in [0.1, 0.15) is 12.0 Å². The van der Waals surface area contributed by atoms with Crippen molar-refractivity contribution in [1.82, 2.24) is 0 Å². The van der Waals surface area contributed by atoms with Gasteiger partial charge in [0.25, 0.3) is 0 Å². The van der Waals surface area contributed by atoms with Crippen LogP contribution in [0.25, 0.3) is 0 Å². The fourth-order valence-corrected chi connectivity index (χ4v) is 3.38. The molecule has 5 nitrogen and oxygen atoms in total. The predicted octanol–water partition coefficient (Wildman–Crippen LogP) is 5.11. The van der Waals surface area contributed by atoms with E-state index in [1.165, 1.54) is 4.90 Å². The van der Waals surface area contributed by atoms with Crippen LogP contribution in [0.3, 0.4) is 0 Å². The van der Waals surface area contributed by atoms with Gasteiger partial charge in [0.1, 0.15) is 18.2 Å². The number of anilines is 2. The summed E-state index contributed by atoms with van der Waals surface area (Å²) in [4.78, 5) is 31.5. The van der Waals surface area contributed by atoms with E-state index in [0.29, 0.717) is 22.1 Å². The first-order chi connectivity index (χ1) is 14.9. The fourth-order valence-electron chi connectivity index (χ4n) is 3.25. The lowest BCUT2D eigenvalue weighted by Gasteiger charge is -2.22. The third kappa shape index (κ3) is 4.62. The Morgan fingerprint density at radius 3 is 2.58 bits per heavy atom. The van der Waals surface area contributed by atoms with Gasteiger partial charge in [0.05, 0.1) is 29.2 Å². The van der Waals surface area contributed by atoms with Gasteiger partial charge in [-0.3, -0.25) is 14.6 Å². The summed E-state index contributed by atoms with van der Waals surface area (Å²) < 4.78 is 27.3. The second-order valence-electron chi connectivity index (χ2n) is 6.88.